The molecule has 3 heteroatoms. The summed E-state index contributed by atoms with van der Waals surface area (Å²) in [4.78, 5) is 4.46. The molecule has 3 nitrogen and oxygen atoms in total. The van der Waals surface area contributed by atoms with Gasteiger partial charge in [0.25, 0.3) is 0 Å². The number of oxazole rings is 1. The fourth-order valence-electron chi connectivity index (χ4n) is 6.52. The van der Waals surface area contributed by atoms with Crippen molar-refractivity contribution in [1.82, 2.24) is 4.98 Å². The lowest BCUT2D eigenvalue weighted by Crippen LogP contribution is -2.56. The summed E-state index contributed by atoms with van der Waals surface area (Å²) in [6, 6.07) is 0. The second-order valence-electron chi connectivity index (χ2n) is 8.57. The molecule has 0 radical (unpaired) electrons. The SMILES string of the molecule is CC12CC3CC(C)(C1)CC(c1cnc(CCN)o1)(C3)C2. The Morgan fingerprint density at radius 2 is 1.90 bits per heavy atom. The lowest BCUT2D eigenvalue weighted by atomic mass is 9.40. The van der Waals surface area contributed by atoms with Crippen molar-refractivity contribution in [3.05, 3.63) is 17.8 Å². The van der Waals surface area contributed by atoms with Gasteiger partial charge in [0, 0.05) is 18.4 Å². The van der Waals surface area contributed by atoms with Gasteiger partial charge in [-0.05, 0) is 55.3 Å². The van der Waals surface area contributed by atoms with Crippen LogP contribution >= 0.6 is 0 Å². The summed E-state index contributed by atoms with van der Waals surface area (Å²) in [6.07, 6.45) is 10.9. The molecule has 5 rings (SSSR count). The van der Waals surface area contributed by atoms with E-state index in [2.05, 4.69) is 18.8 Å². The molecule has 20 heavy (non-hydrogen) atoms. The van der Waals surface area contributed by atoms with Crippen LogP contribution in [-0.2, 0) is 11.8 Å². The molecule has 2 atom stereocenters. The lowest BCUT2D eigenvalue weighted by molar-refractivity contribution is -0.116. The zero-order valence-corrected chi connectivity index (χ0v) is 12.7. The molecule has 4 bridgehead atoms. The van der Waals surface area contributed by atoms with Crippen LogP contribution in [0.3, 0.4) is 0 Å². The third-order valence-electron chi connectivity index (χ3n) is 6.06. The van der Waals surface area contributed by atoms with Crippen molar-refractivity contribution in [1.29, 1.82) is 0 Å². The Balaban J connectivity index is 1.72. The molecule has 2 N–H and O–H groups in total. The average Bonchev–Trinajstić information content (AvgIpc) is 2.73. The Morgan fingerprint density at radius 3 is 2.50 bits per heavy atom. The van der Waals surface area contributed by atoms with Gasteiger partial charge >= 0.3 is 0 Å². The lowest BCUT2D eigenvalue weighted by Gasteiger charge is -2.64. The molecule has 2 unspecified atom stereocenters. The number of nitrogens with zero attached hydrogens (tertiary/aromatic N) is 1. The molecule has 1 aromatic heterocycles. The Labute approximate surface area is 121 Å². The van der Waals surface area contributed by atoms with Crippen LogP contribution in [0.5, 0.6) is 0 Å². The summed E-state index contributed by atoms with van der Waals surface area (Å²) >= 11 is 0. The molecule has 0 amide bonds. The van der Waals surface area contributed by atoms with Crippen molar-refractivity contribution in [3.63, 3.8) is 0 Å². The van der Waals surface area contributed by atoms with Gasteiger partial charge in [0.2, 0.25) is 0 Å². The van der Waals surface area contributed by atoms with Crippen LogP contribution in [0, 0.1) is 16.7 Å². The average molecular weight is 274 g/mol. The molecule has 4 aliphatic rings. The maximum absolute atomic E-state index is 6.11. The monoisotopic (exact) mass is 274 g/mol. The minimum absolute atomic E-state index is 0.267. The number of nitrogens with two attached hydrogens (primary N) is 1. The van der Waals surface area contributed by atoms with Gasteiger partial charge in [0.1, 0.15) is 5.76 Å². The standard InChI is InChI=1S/C17H26N2O/c1-15-5-12-6-16(2,9-15)11-17(7-12,10-15)13-8-19-14(20-13)3-4-18/h8,12H,3-7,9-11,18H2,1-2H3. The minimum atomic E-state index is 0.267. The highest BCUT2D eigenvalue weighted by atomic mass is 16.4. The summed E-state index contributed by atoms with van der Waals surface area (Å²) in [6.45, 7) is 5.62. The van der Waals surface area contributed by atoms with E-state index in [9.17, 15) is 0 Å². The van der Waals surface area contributed by atoms with Gasteiger partial charge in [-0.1, -0.05) is 13.8 Å². The van der Waals surface area contributed by atoms with E-state index in [1.807, 2.05) is 6.20 Å². The first-order valence-electron chi connectivity index (χ1n) is 8.10. The smallest absolute Gasteiger partial charge is 0.195 e. The van der Waals surface area contributed by atoms with Crippen molar-refractivity contribution in [3.8, 4) is 0 Å². The van der Waals surface area contributed by atoms with Gasteiger partial charge in [0.15, 0.2) is 5.89 Å². The van der Waals surface area contributed by atoms with Gasteiger partial charge < -0.3 is 10.2 Å². The Hall–Kier alpha value is -0.830. The van der Waals surface area contributed by atoms with Gasteiger partial charge in [-0.15, -0.1) is 0 Å². The summed E-state index contributed by atoms with van der Waals surface area (Å²) in [7, 11) is 0. The van der Waals surface area contributed by atoms with Crippen molar-refractivity contribution in [2.75, 3.05) is 6.54 Å². The van der Waals surface area contributed by atoms with Gasteiger partial charge in [-0.3, -0.25) is 0 Å². The highest BCUT2D eigenvalue weighted by Gasteiger charge is 2.61. The fraction of sp³-hybridized carbons (Fsp3) is 0.824. The van der Waals surface area contributed by atoms with E-state index in [0.29, 0.717) is 17.4 Å². The second-order valence-corrected chi connectivity index (χ2v) is 8.57. The van der Waals surface area contributed by atoms with E-state index in [1.54, 1.807) is 0 Å². The van der Waals surface area contributed by atoms with E-state index in [4.69, 9.17) is 10.2 Å². The second kappa shape index (κ2) is 3.88. The van der Waals surface area contributed by atoms with E-state index < -0.39 is 0 Å². The van der Waals surface area contributed by atoms with Crippen LogP contribution in [0.1, 0.15) is 64.0 Å². The molecule has 0 saturated heterocycles. The topological polar surface area (TPSA) is 52.0 Å². The third-order valence-corrected chi connectivity index (χ3v) is 6.06. The van der Waals surface area contributed by atoms with Gasteiger partial charge in [-0.25, -0.2) is 4.98 Å². The summed E-state index contributed by atoms with van der Waals surface area (Å²) in [5.74, 6) is 2.88. The normalized spacial score (nSPS) is 46.0. The first-order chi connectivity index (χ1) is 9.44. The summed E-state index contributed by atoms with van der Waals surface area (Å²) in [5, 5.41) is 0. The summed E-state index contributed by atoms with van der Waals surface area (Å²) < 4.78 is 6.11. The highest BCUT2D eigenvalue weighted by Crippen LogP contribution is 2.69. The molecule has 0 spiro atoms. The molecule has 4 fully saturated rings. The first-order valence-corrected chi connectivity index (χ1v) is 8.10. The number of hydrogen-bond donors (Lipinski definition) is 1. The van der Waals surface area contributed by atoms with Crippen molar-refractivity contribution in [2.45, 2.75) is 64.2 Å². The molecule has 4 aliphatic carbocycles. The van der Waals surface area contributed by atoms with Crippen molar-refractivity contribution >= 4 is 0 Å². The zero-order valence-electron chi connectivity index (χ0n) is 12.7. The van der Waals surface area contributed by atoms with Crippen LogP contribution in [0.4, 0.5) is 0 Å². The first kappa shape index (κ1) is 12.9. The number of rotatable bonds is 3. The molecule has 1 aromatic rings. The maximum Gasteiger partial charge on any atom is 0.195 e. The largest absolute Gasteiger partial charge is 0.445 e. The van der Waals surface area contributed by atoms with E-state index in [0.717, 1.165) is 24.0 Å². The van der Waals surface area contributed by atoms with Crippen molar-refractivity contribution < 1.29 is 4.42 Å². The number of hydrogen-bond acceptors (Lipinski definition) is 3. The molecule has 0 aromatic carbocycles. The quantitative estimate of drug-likeness (QED) is 0.918. The van der Waals surface area contributed by atoms with Crippen LogP contribution < -0.4 is 5.73 Å². The molecule has 4 saturated carbocycles. The molecule has 110 valence electrons. The van der Waals surface area contributed by atoms with Gasteiger partial charge in [-0.2, -0.15) is 0 Å². The van der Waals surface area contributed by atoms with Crippen LogP contribution in [0.15, 0.2) is 10.6 Å². The van der Waals surface area contributed by atoms with Crippen LogP contribution in [0.25, 0.3) is 0 Å². The number of aromatic nitrogens is 1. The molecule has 1 heterocycles. The fourth-order valence-corrected chi connectivity index (χ4v) is 6.52. The molecular formula is C17H26N2O. The predicted octanol–water partition coefficient (Wildman–Crippen LogP) is 3.42. The van der Waals surface area contributed by atoms with Crippen LogP contribution in [-0.4, -0.2) is 11.5 Å². The van der Waals surface area contributed by atoms with Gasteiger partial charge in [0.05, 0.1) is 6.20 Å². The Kier molecular flexibility index (Phi) is 2.50. The summed E-state index contributed by atoms with van der Waals surface area (Å²) in [5.41, 5.74) is 6.93. The maximum atomic E-state index is 6.11. The predicted molar refractivity (Wildman–Crippen MR) is 78.3 cm³/mol. The minimum Gasteiger partial charge on any atom is -0.445 e. The van der Waals surface area contributed by atoms with Crippen LogP contribution in [0.2, 0.25) is 0 Å². The van der Waals surface area contributed by atoms with E-state index in [1.165, 1.54) is 38.5 Å². The van der Waals surface area contributed by atoms with E-state index in [-0.39, 0.29) is 5.41 Å². The Bertz CT molecular complexity index is 517. The highest BCUT2D eigenvalue weighted by molar-refractivity contribution is 5.23. The van der Waals surface area contributed by atoms with E-state index >= 15 is 0 Å². The molecule has 0 aliphatic heterocycles. The van der Waals surface area contributed by atoms with Crippen molar-refractivity contribution in [2.24, 2.45) is 22.5 Å². The molecular weight excluding hydrogens is 248 g/mol. The zero-order chi connectivity index (χ0) is 14.0. The Morgan fingerprint density at radius 1 is 1.20 bits per heavy atom. The third kappa shape index (κ3) is 1.78.